The molecular formula is C16H10F6N4O2. The average molecular weight is 404 g/mol. The molecule has 1 heterocycles. The quantitative estimate of drug-likeness (QED) is 0.676. The summed E-state index contributed by atoms with van der Waals surface area (Å²) >= 11 is 0. The molecule has 3 aromatic rings. The lowest BCUT2D eigenvalue weighted by Gasteiger charge is -2.10. The molecule has 1 aromatic heterocycles. The number of alkyl halides is 6. The maximum Gasteiger partial charge on any atom is 0.416 e. The Morgan fingerprint density at radius 3 is 2.18 bits per heavy atom. The van der Waals surface area contributed by atoms with Crippen LogP contribution >= 0.6 is 0 Å². The number of halogens is 6. The van der Waals surface area contributed by atoms with E-state index in [1.165, 1.54) is 0 Å². The minimum atomic E-state index is -4.58. The maximum absolute atomic E-state index is 12.8. The number of rotatable bonds is 4. The molecule has 0 saturated carbocycles. The van der Waals surface area contributed by atoms with Crippen molar-refractivity contribution in [2.75, 3.05) is 11.9 Å². The first kappa shape index (κ1) is 19.5. The van der Waals surface area contributed by atoms with Gasteiger partial charge in [-0.05, 0) is 47.7 Å². The van der Waals surface area contributed by atoms with Crippen LogP contribution in [0.15, 0.2) is 42.5 Å². The lowest BCUT2D eigenvalue weighted by Crippen LogP contribution is -2.26. The first-order valence-electron chi connectivity index (χ1n) is 7.57. The molecule has 0 aliphatic rings. The van der Waals surface area contributed by atoms with E-state index in [9.17, 15) is 31.1 Å². The lowest BCUT2D eigenvalue weighted by atomic mass is 10.2. The van der Waals surface area contributed by atoms with E-state index in [0.717, 1.165) is 42.5 Å². The summed E-state index contributed by atoms with van der Waals surface area (Å²) in [5.74, 6) is -0.754. The van der Waals surface area contributed by atoms with E-state index in [-0.39, 0.29) is 16.7 Å². The number of nitrogens with one attached hydrogen (secondary N) is 1. The number of benzene rings is 2. The number of hydrogen-bond donors (Lipinski definition) is 1. The fourth-order valence-corrected chi connectivity index (χ4v) is 2.23. The molecule has 0 unspecified atom stereocenters. The smallest absolute Gasteiger partial charge is 0.385 e. The van der Waals surface area contributed by atoms with Gasteiger partial charge < -0.3 is 10.2 Å². The zero-order valence-electron chi connectivity index (χ0n) is 13.7. The van der Waals surface area contributed by atoms with Gasteiger partial charge in [0.05, 0.1) is 11.1 Å². The average Bonchev–Trinajstić information content (AvgIpc) is 3.01. The maximum atomic E-state index is 12.8. The molecule has 3 rings (SSSR count). The van der Waals surface area contributed by atoms with Crippen LogP contribution in [0, 0.1) is 0 Å². The number of aromatic nitrogens is 3. The van der Waals surface area contributed by atoms with Crippen molar-refractivity contribution in [3.63, 3.8) is 0 Å². The van der Waals surface area contributed by atoms with Crippen molar-refractivity contribution in [1.29, 1.82) is 0 Å². The molecule has 12 heteroatoms. The third-order valence-electron chi connectivity index (χ3n) is 3.56. The van der Waals surface area contributed by atoms with Crippen LogP contribution in [0.4, 0.5) is 32.0 Å². The molecule has 0 saturated heterocycles. The van der Waals surface area contributed by atoms with Crippen molar-refractivity contribution in [1.82, 2.24) is 15.2 Å². The molecule has 6 nitrogen and oxygen atoms in total. The molecule has 1 N–H and O–H groups in total. The molecule has 148 valence electrons. The van der Waals surface area contributed by atoms with Crippen molar-refractivity contribution in [3.8, 4) is 0 Å². The van der Waals surface area contributed by atoms with Crippen molar-refractivity contribution in [2.24, 2.45) is 0 Å². The second-order valence-electron chi connectivity index (χ2n) is 5.56. The molecule has 28 heavy (non-hydrogen) atoms. The molecule has 0 atom stereocenters. The predicted molar refractivity (Wildman–Crippen MR) is 84.1 cm³/mol. The van der Waals surface area contributed by atoms with Gasteiger partial charge in [0.1, 0.15) is 11.0 Å². The van der Waals surface area contributed by atoms with E-state index < -0.39 is 36.0 Å². The number of carbonyl (C=O) groups is 1. The van der Waals surface area contributed by atoms with Gasteiger partial charge in [-0.2, -0.15) is 26.3 Å². The summed E-state index contributed by atoms with van der Waals surface area (Å²) < 4.78 is 75.8. The van der Waals surface area contributed by atoms with Crippen LogP contribution in [0.3, 0.4) is 0 Å². The van der Waals surface area contributed by atoms with Crippen LogP contribution in [0.5, 0.6) is 0 Å². The van der Waals surface area contributed by atoms with Gasteiger partial charge in [0.15, 0.2) is 6.61 Å². The van der Waals surface area contributed by atoms with Gasteiger partial charge >= 0.3 is 12.4 Å². The molecular weight excluding hydrogens is 394 g/mol. The summed E-state index contributed by atoms with van der Waals surface area (Å²) in [6.07, 6.45) is -9.09. The second kappa shape index (κ2) is 7.02. The summed E-state index contributed by atoms with van der Waals surface area (Å²) in [4.78, 5) is 17.5. The molecule has 0 bridgehead atoms. The second-order valence-corrected chi connectivity index (χ2v) is 5.56. The Bertz CT molecular complexity index is 995. The van der Waals surface area contributed by atoms with Crippen molar-refractivity contribution in [3.05, 3.63) is 53.6 Å². The summed E-state index contributed by atoms with van der Waals surface area (Å²) in [6.45, 7) is -0.657. The number of nitrogens with zero attached hydrogens (tertiary/aromatic N) is 3. The highest BCUT2D eigenvalue weighted by Gasteiger charge is 2.31. The van der Waals surface area contributed by atoms with Gasteiger partial charge in [-0.15, -0.1) is 5.10 Å². The van der Waals surface area contributed by atoms with Crippen molar-refractivity contribution < 1.29 is 36.0 Å². The van der Waals surface area contributed by atoms with Crippen LogP contribution in [0.1, 0.15) is 11.1 Å². The minimum Gasteiger partial charge on any atom is -0.385 e. The highest BCUT2D eigenvalue weighted by Crippen LogP contribution is 2.31. The van der Waals surface area contributed by atoms with Gasteiger partial charge in [-0.25, -0.2) is 0 Å². The zero-order chi connectivity index (χ0) is 20.5. The molecule has 0 aliphatic heterocycles. The van der Waals surface area contributed by atoms with Gasteiger partial charge in [0.25, 0.3) is 5.91 Å². The number of anilines is 1. The van der Waals surface area contributed by atoms with Gasteiger partial charge in [-0.1, -0.05) is 4.85 Å². The van der Waals surface area contributed by atoms with Gasteiger partial charge in [0.2, 0.25) is 0 Å². The summed E-state index contributed by atoms with van der Waals surface area (Å²) in [7, 11) is 0. The number of hydrogen-bond acceptors (Lipinski definition) is 4. The molecule has 0 fully saturated rings. The van der Waals surface area contributed by atoms with Crippen LogP contribution < -0.4 is 10.2 Å². The normalized spacial score (nSPS) is 12.2. The monoisotopic (exact) mass is 404 g/mol. The van der Waals surface area contributed by atoms with Crippen LogP contribution in [-0.2, 0) is 17.1 Å². The largest absolute Gasteiger partial charge is 0.416 e. The van der Waals surface area contributed by atoms with Gasteiger partial charge in [-0.3, -0.25) is 4.79 Å². The summed E-state index contributed by atoms with van der Waals surface area (Å²) in [5.41, 5.74) is -1.71. The van der Waals surface area contributed by atoms with Gasteiger partial charge in [0, 0.05) is 5.69 Å². The Kier molecular flexibility index (Phi) is 4.87. The third kappa shape index (κ3) is 4.32. The Morgan fingerprint density at radius 1 is 0.964 bits per heavy atom. The van der Waals surface area contributed by atoms with Crippen molar-refractivity contribution in [2.45, 2.75) is 12.4 Å². The molecule has 0 radical (unpaired) electrons. The minimum absolute atomic E-state index is 0.0874. The molecule has 0 spiro atoms. The first-order valence-corrected chi connectivity index (χ1v) is 7.57. The highest BCUT2D eigenvalue weighted by molar-refractivity contribution is 5.91. The van der Waals surface area contributed by atoms with Crippen LogP contribution in [-0.4, -0.2) is 27.7 Å². The Morgan fingerprint density at radius 2 is 1.57 bits per heavy atom. The number of carbonyl (C=O) groups excluding carboxylic acids is 1. The van der Waals surface area contributed by atoms with Crippen LogP contribution in [0.2, 0.25) is 0 Å². The third-order valence-corrected chi connectivity index (χ3v) is 3.56. The Labute approximate surface area is 152 Å². The van der Waals surface area contributed by atoms with Crippen molar-refractivity contribution >= 4 is 22.6 Å². The first-order chi connectivity index (χ1) is 13.0. The summed E-state index contributed by atoms with van der Waals surface area (Å²) in [5, 5.41) is 9.42. The van der Waals surface area contributed by atoms with E-state index >= 15 is 0 Å². The fraction of sp³-hybridized carbons (Fsp3) is 0.188. The molecule has 0 aliphatic carbocycles. The topological polar surface area (TPSA) is 69.0 Å². The molecule has 1 amide bonds. The lowest BCUT2D eigenvalue weighted by molar-refractivity contribution is -0.138. The van der Waals surface area contributed by atoms with E-state index in [4.69, 9.17) is 4.84 Å². The van der Waals surface area contributed by atoms with Crippen LogP contribution in [0.25, 0.3) is 11.0 Å². The summed E-state index contributed by atoms with van der Waals surface area (Å²) in [6, 6.07) is 6.40. The SMILES string of the molecule is O=C(COn1nnc2ccc(C(F)(F)F)cc21)Nc1ccc(C(F)(F)F)cc1. The zero-order valence-corrected chi connectivity index (χ0v) is 13.7. The van der Waals surface area contributed by atoms with E-state index in [1.54, 1.807) is 0 Å². The standard InChI is InChI=1S/C16H10F6N4O2/c17-15(18,19)9-1-4-11(5-2-9)23-14(27)8-28-26-13-7-10(16(20,21)22)3-6-12(13)24-25-26/h1-7H,8H2,(H,23,27). The number of amides is 1. The van der Waals surface area contributed by atoms with E-state index in [1.807, 2.05) is 0 Å². The highest BCUT2D eigenvalue weighted by atomic mass is 19.4. The Balaban J connectivity index is 1.66. The molecule has 2 aromatic carbocycles. The fourth-order valence-electron chi connectivity index (χ4n) is 2.23. The van der Waals surface area contributed by atoms with E-state index in [0.29, 0.717) is 4.85 Å². The number of fused-ring (bicyclic) bond motifs is 1. The Hall–Kier alpha value is -3.31. The predicted octanol–water partition coefficient (Wildman–Crippen LogP) is 3.54. The van der Waals surface area contributed by atoms with E-state index in [2.05, 4.69) is 15.6 Å².